The largest absolute Gasteiger partial charge is 0.417 e. The van der Waals surface area contributed by atoms with Crippen molar-refractivity contribution < 1.29 is 13.2 Å². The smallest absolute Gasteiger partial charge is 0.396 e. The summed E-state index contributed by atoms with van der Waals surface area (Å²) in [5.41, 5.74) is 8.88. The van der Waals surface area contributed by atoms with Gasteiger partial charge in [0.25, 0.3) is 0 Å². The molecule has 4 heterocycles. The molecule has 1 atom stereocenters. The molecule has 1 aliphatic rings. The quantitative estimate of drug-likeness (QED) is 0.314. The Kier molecular flexibility index (Phi) is 6.87. The van der Waals surface area contributed by atoms with Crippen LogP contribution in [-0.2, 0) is 6.18 Å². The fourth-order valence-corrected chi connectivity index (χ4v) is 4.78. The summed E-state index contributed by atoms with van der Waals surface area (Å²) in [6, 6.07) is 9.94. The highest BCUT2D eigenvalue weighted by atomic mass is 19.4. The average molecular weight is 525 g/mol. The number of nitrogens with one attached hydrogen (secondary N) is 2. The van der Waals surface area contributed by atoms with Gasteiger partial charge in [-0.15, -0.1) is 0 Å². The highest BCUT2D eigenvalue weighted by Gasteiger charge is 2.31. The molecule has 0 aliphatic carbocycles. The molecule has 200 valence electrons. The molecule has 1 aliphatic heterocycles. The molecule has 0 bridgehead atoms. The predicted octanol–water partition coefficient (Wildman–Crippen LogP) is 5.32. The SMILES string of the molecule is CC(C)N1CCN(c2ccc([C@@H](C)Nc3ncc(N)c(-c4c[nH]c5ncc(C(F)(F)F)cc45)n3)cc2)CC1. The monoisotopic (exact) mass is 524 g/mol. The zero-order valence-electron chi connectivity index (χ0n) is 21.5. The van der Waals surface area contributed by atoms with E-state index >= 15 is 0 Å². The van der Waals surface area contributed by atoms with Crippen LogP contribution in [0.3, 0.4) is 0 Å². The van der Waals surface area contributed by atoms with E-state index in [0.29, 0.717) is 28.9 Å². The molecule has 4 aromatic rings. The summed E-state index contributed by atoms with van der Waals surface area (Å²) in [6.07, 6.45) is -0.689. The second-order valence-electron chi connectivity index (χ2n) is 9.89. The zero-order valence-corrected chi connectivity index (χ0v) is 21.5. The van der Waals surface area contributed by atoms with Gasteiger partial charge in [-0.1, -0.05) is 12.1 Å². The highest BCUT2D eigenvalue weighted by molar-refractivity contribution is 5.95. The summed E-state index contributed by atoms with van der Waals surface area (Å²) in [6.45, 7) is 10.6. The van der Waals surface area contributed by atoms with E-state index in [2.05, 4.69) is 73.2 Å². The van der Waals surface area contributed by atoms with Crippen LogP contribution in [-0.4, -0.2) is 57.1 Å². The predicted molar refractivity (Wildman–Crippen MR) is 144 cm³/mol. The van der Waals surface area contributed by atoms with E-state index in [4.69, 9.17) is 5.73 Å². The van der Waals surface area contributed by atoms with Crippen molar-refractivity contribution in [2.45, 2.75) is 39.0 Å². The Morgan fingerprint density at radius 3 is 2.37 bits per heavy atom. The van der Waals surface area contributed by atoms with Crippen molar-refractivity contribution in [3.8, 4) is 11.3 Å². The van der Waals surface area contributed by atoms with E-state index < -0.39 is 11.7 Å². The van der Waals surface area contributed by atoms with Crippen molar-refractivity contribution in [3.63, 3.8) is 0 Å². The van der Waals surface area contributed by atoms with E-state index in [1.54, 1.807) is 6.20 Å². The summed E-state index contributed by atoms with van der Waals surface area (Å²) >= 11 is 0. The minimum absolute atomic E-state index is 0.111. The molecule has 3 aromatic heterocycles. The molecule has 0 saturated carbocycles. The number of benzene rings is 1. The van der Waals surface area contributed by atoms with Gasteiger partial charge in [-0.25, -0.2) is 15.0 Å². The Labute approximate surface area is 219 Å². The normalized spacial score (nSPS) is 15.8. The summed E-state index contributed by atoms with van der Waals surface area (Å²) in [5, 5.41) is 3.57. The number of H-pyrrole nitrogens is 1. The van der Waals surface area contributed by atoms with Crippen LogP contribution in [0.15, 0.2) is 48.9 Å². The Hall–Kier alpha value is -3.86. The number of hydrogen-bond donors (Lipinski definition) is 3. The second kappa shape index (κ2) is 10.1. The Morgan fingerprint density at radius 2 is 1.71 bits per heavy atom. The number of aromatic amines is 1. The van der Waals surface area contributed by atoms with Gasteiger partial charge < -0.3 is 20.9 Å². The van der Waals surface area contributed by atoms with E-state index in [1.807, 2.05) is 6.92 Å². The maximum Gasteiger partial charge on any atom is 0.417 e. The fourth-order valence-electron chi connectivity index (χ4n) is 4.78. The average Bonchev–Trinajstić information content (AvgIpc) is 3.32. The van der Waals surface area contributed by atoms with Gasteiger partial charge in [-0.05, 0) is 44.5 Å². The molecule has 0 spiro atoms. The molecule has 0 amide bonds. The Bertz CT molecular complexity index is 1410. The molecular formula is C27H31F3N8. The minimum Gasteiger partial charge on any atom is -0.396 e. The molecular weight excluding hydrogens is 493 g/mol. The molecule has 1 saturated heterocycles. The van der Waals surface area contributed by atoms with Crippen molar-refractivity contribution in [3.05, 3.63) is 60.0 Å². The van der Waals surface area contributed by atoms with Crippen LogP contribution >= 0.6 is 0 Å². The number of fused-ring (bicyclic) bond motifs is 1. The molecule has 4 N–H and O–H groups in total. The van der Waals surface area contributed by atoms with E-state index in [0.717, 1.165) is 44.0 Å². The van der Waals surface area contributed by atoms with Crippen molar-refractivity contribution in [1.29, 1.82) is 0 Å². The van der Waals surface area contributed by atoms with Crippen molar-refractivity contribution in [2.75, 3.05) is 42.1 Å². The lowest BCUT2D eigenvalue weighted by Gasteiger charge is -2.38. The van der Waals surface area contributed by atoms with Gasteiger partial charge in [-0.2, -0.15) is 13.2 Å². The third-order valence-electron chi connectivity index (χ3n) is 7.08. The zero-order chi connectivity index (χ0) is 27.0. The van der Waals surface area contributed by atoms with Gasteiger partial charge in [0.15, 0.2) is 0 Å². The van der Waals surface area contributed by atoms with Gasteiger partial charge in [-0.3, -0.25) is 4.90 Å². The first-order valence-corrected chi connectivity index (χ1v) is 12.6. The summed E-state index contributed by atoms with van der Waals surface area (Å²) in [4.78, 5) is 20.5. The topological polar surface area (TPSA) is 99.0 Å². The summed E-state index contributed by atoms with van der Waals surface area (Å²) < 4.78 is 39.8. The van der Waals surface area contributed by atoms with Crippen LogP contribution in [0, 0.1) is 0 Å². The van der Waals surface area contributed by atoms with Crippen LogP contribution in [0.2, 0.25) is 0 Å². The molecule has 0 unspecified atom stereocenters. The standard InChI is InChI=1S/C27H31F3N8/c1-16(2)37-8-10-38(11-9-37)20-6-4-18(5-7-20)17(3)35-26-34-15-23(31)24(36-26)22-14-33-25-21(22)12-19(13-32-25)27(28,29)30/h4-7,12-17H,8-11,31H2,1-3H3,(H,32,33)(H,34,35,36)/t17-/m1/s1. The number of alkyl halides is 3. The van der Waals surface area contributed by atoms with Crippen LogP contribution in [0.5, 0.6) is 0 Å². The van der Waals surface area contributed by atoms with Crippen molar-refractivity contribution >= 4 is 28.4 Å². The van der Waals surface area contributed by atoms with Gasteiger partial charge in [0.05, 0.1) is 23.5 Å². The summed E-state index contributed by atoms with van der Waals surface area (Å²) in [7, 11) is 0. The number of aromatic nitrogens is 4. The first-order chi connectivity index (χ1) is 18.1. The molecule has 1 fully saturated rings. The maximum atomic E-state index is 13.3. The third-order valence-corrected chi connectivity index (χ3v) is 7.08. The second-order valence-corrected chi connectivity index (χ2v) is 9.89. The van der Waals surface area contributed by atoms with Gasteiger partial charge in [0, 0.05) is 61.3 Å². The fraction of sp³-hybridized carbons (Fsp3) is 0.370. The lowest BCUT2D eigenvalue weighted by molar-refractivity contribution is -0.137. The molecule has 8 nitrogen and oxygen atoms in total. The third kappa shape index (κ3) is 5.24. The Morgan fingerprint density at radius 1 is 1.00 bits per heavy atom. The first kappa shape index (κ1) is 25.8. The van der Waals surface area contributed by atoms with Crippen LogP contribution in [0.4, 0.5) is 30.5 Å². The van der Waals surface area contributed by atoms with E-state index in [-0.39, 0.29) is 17.1 Å². The number of nitrogen functional groups attached to an aromatic ring is 1. The number of nitrogens with two attached hydrogens (primary N) is 1. The van der Waals surface area contributed by atoms with E-state index in [9.17, 15) is 13.2 Å². The van der Waals surface area contributed by atoms with Gasteiger partial charge in [0.1, 0.15) is 11.3 Å². The minimum atomic E-state index is -4.51. The Balaban J connectivity index is 1.33. The number of anilines is 3. The highest BCUT2D eigenvalue weighted by Crippen LogP contribution is 2.35. The summed E-state index contributed by atoms with van der Waals surface area (Å²) in [5.74, 6) is 0.324. The lowest BCUT2D eigenvalue weighted by Crippen LogP contribution is -2.48. The van der Waals surface area contributed by atoms with Crippen LogP contribution < -0.4 is 16.0 Å². The lowest BCUT2D eigenvalue weighted by atomic mass is 10.1. The van der Waals surface area contributed by atoms with Crippen LogP contribution in [0.25, 0.3) is 22.3 Å². The van der Waals surface area contributed by atoms with Crippen LogP contribution in [0.1, 0.15) is 37.9 Å². The molecule has 5 rings (SSSR count). The number of piperazine rings is 1. The molecule has 38 heavy (non-hydrogen) atoms. The molecule has 11 heteroatoms. The molecule has 0 radical (unpaired) electrons. The number of nitrogens with zero attached hydrogens (tertiary/aromatic N) is 5. The van der Waals surface area contributed by atoms with Crippen molar-refractivity contribution in [1.82, 2.24) is 24.8 Å². The van der Waals surface area contributed by atoms with Crippen molar-refractivity contribution in [2.24, 2.45) is 0 Å². The van der Waals surface area contributed by atoms with Gasteiger partial charge >= 0.3 is 6.18 Å². The number of halogens is 3. The molecule has 1 aromatic carbocycles. The van der Waals surface area contributed by atoms with E-state index in [1.165, 1.54) is 11.9 Å². The number of pyridine rings is 1. The first-order valence-electron chi connectivity index (χ1n) is 12.6. The maximum absolute atomic E-state index is 13.3. The number of hydrogen-bond acceptors (Lipinski definition) is 7. The number of rotatable bonds is 6. The van der Waals surface area contributed by atoms with Gasteiger partial charge in [0.2, 0.25) is 5.95 Å².